The van der Waals surface area contributed by atoms with Crippen LogP contribution in [0, 0.1) is 0 Å². The van der Waals surface area contributed by atoms with Gasteiger partial charge in [0.1, 0.15) is 10.9 Å². The standard InChI is InChI=1S/C20H21N5O2/c1-2-10-22-19(26)14-12-15-18(25(17(14)21)13-7-3-4-8-13)23-16-9-5-6-11-24(16)20(15)27/h2,5-6,9,11-13,21H,1,3-4,7-8,10H2,(H,22,26)/p+1. The minimum absolute atomic E-state index is 0.137. The van der Waals surface area contributed by atoms with Crippen molar-refractivity contribution in [2.24, 2.45) is 0 Å². The Bertz CT molecular complexity index is 1110. The van der Waals surface area contributed by atoms with E-state index in [-0.39, 0.29) is 17.5 Å². The zero-order valence-electron chi connectivity index (χ0n) is 15.0. The van der Waals surface area contributed by atoms with Crippen LogP contribution in [0.15, 0.2) is 47.9 Å². The summed E-state index contributed by atoms with van der Waals surface area (Å²) in [5, 5.41) is 3.14. The number of carbonyl (C=O) groups excluding carboxylic acids is 1. The van der Waals surface area contributed by atoms with Gasteiger partial charge in [-0.05, 0) is 43.9 Å². The van der Waals surface area contributed by atoms with Crippen molar-refractivity contribution in [2.45, 2.75) is 31.7 Å². The summed E-state index contributed by atoms with van der Waals surface area (Å²) >= 11 is 0. The van der Waals surface area contributed by atoms with Crippen molar-refractivity contribution in [1.29, 1.82) is 0 Å². The number of pyridine rings is 2. The van der Waals surface area contributed by atoms with Crippen LogP contribution < -0.4 is 21.2 Å². The van der Waals surface area contributed by atoms with Crippen molar-refractivity contribution in [2.75, 3.05) is 12.3 Å². The van der Waals surface area contributed by atoms with Gasteiger partial charge in [0.05, 0.1) is 6.04 Å². The topological polar surface area (TPSA) is 93.4 Å². The molecule has 1 amide bonds. The third kappa shape index (κ3) is 2.85. The van der Waals surface area contributed by atoms with Gasteiger partial charge >= 0.3 is 0 Å². The second-order valence-corrected chi connectivity index (χ2v) is 6.83. The third-order valence-corrected chi connectivity index (χ3v) is 5.14. The van der Waals surface area contributed by atoms with E-state index in [1.54, 1.807) is 30.5 Å². The molecule has 1 aliphatic carbocycles. The molecule has 138 valence electrons. The van der Waals surface area contributed by atoms with Crippen LogP contribution in [-0.4, -0.2) is 21.8 Å². The monoisotopic (exact) mass is 364 g/mol. The van der Waals surface area contributed by atoms with Crippen molar-refractivity contribution in [3.63, 3.8) is 0 Å². The molecule has 0 saturated heterocycles. The van der Waals surface area contributed by atoms with Gasteiger partial charge in [0.15, 0.2) is 0 Å². The SMILES string of the molecule is C=CCNC(=O)c1cc2c(=O)n3ccccc3nc2[n+](C2CCCC2)c1N. The first-order chi connectivity index (χ1) is 13.1. The summed E-state index contributed by atoms with van der Waals surface area (Å²) in [5.41, 5.74) is 7.61. The second kappa shape index (κ2) is 6.83. The molecule has 4 rings (SSSR count). The number of nitrogens with one attached hydrogen (secondary N) is 1. The molecule has 0 bridgehead atoms. The molecule has 0 aliphatic heterocycles. The Labute approximate surface area is 156 Å². The highest BCUT2D eigenvalue weighted by Gasteiger charge is 2.30. The molecule has 0 aromatic carbocycles. The molecule has 27 heavy (non-hydrogen) atoms. The second-order valence-electron chi connectivity index (χ2n) is 6.83. The molecule has 1 fully saturated rings. The molecule has 3 heterocycles. The maximum atomic E-state index is 13.1. The first-order valence-corrected chi connectivity index (χ1v) is 9.16. The molecule has 7 heteroatoms. The van der Waals surface area contributed by atoms with Crippen LogP contribution in [-0.2, 0) is 0 Å². The Morgan fingerprint density at radius 3 is 2.93 bits per heavy atom. The van der Waals surface area contributed by atoms with Crippen LogP contribution in [0.25, 0.3) is 16.7 Å². The largest absolute Gasteiger partial charge is 0.348 e. The summed E-state index contributed by atoms with van der Waals surface area (Å²) in [6, 6.07) is 7.11. The third-order valence-electron chi connectivity index (χ3n) is 5.14. The summed E-state index contributed by atoms with van der Waals surface area (Å²) < 4.78 is 3.38. The molecular formula is C20H22N5O2+. The van der Waals surface area contributed by atoms with E-state index in [4.69, 9.17) is 10.7 Å². The number of nitrogens with two attached hydrogens (primary N) is 1. The van der Waals surface area contributed by atoms with Crippen molar-refractivity contribution in [1.82, 2.24) is 14.7 Å². The van der Waals surface area contributed by atoms with E-state index in [1.165, 1.54) is 4.40 Å². The van der Waals surface area contributed by atoms with Gasteiger partial charge in [-0.15, -0.1) is 6.58 Å². The van der Waals surface area contributed by atoms with Gasteiger partial charge in [0.2, 0.25) is 11.5 Å². The Morgan fingerprint density at radius 1 is 1.41 bits per heavy atom. The number of carbonyl (C=O) groups is 1. The van der Waals surface area contributed by atoms with Crippen molar-refractivity contribution < 1.29 is 9.36 Å². The number of anilines is 1. The van der Waals surface area contributed by atoms with Crippen LogP contribution in [0.4, 0.5) is 5.82 Å². The first-order valence-electron chi connectivity index (χ1n) is 9.16. The zero-order valence-corrected chi connectivity index (χ0v) is 15.0. The van der Waals surface area contributed by atoms with Gasteiger partial charge in [0, 0.05) is 12.7 Å². The molecule has 3 aromatic heterocycles. The lowest BCUT2D eigenvalue weighted by molar-refractivity contribution is -0.685. The molecule has 7 nitrogen and oxygen atoms in total. The minimum Gasteiger partial charge on any atom is -0.348 e. The number of hydrogen-bond acceptors (Lipinski definition) is 4. The highest BCUT2D eigenvalue weighted by atomic mass is 16.1. The fraction of sp³-hybridized carbons (Fsp3) is 0.300. The Hall–Kier alpha value is -3.22. The normalized spacial score (nSPS) is 14.7. The van der Waals surface area contributed by atoms with Crippen LogP contribution in [0.2, 0.25) is 0 Å². The Morgan fingerprint density at radius 2 is 2.19 bits per heavy atom. The van der Waals surface area contributed by atoms with E-state index in [0.29, 0.717) is 34.6 Å². The van der Waals surface area contributed by atoms with Gasteiger partial charge in [-0.25, -0.2) is 4.57 Å². The van der Waals surface area contributed by atoms with E-state index in [0.717, 1.165) is 25.7 Å². The Balaban J connectivity index is 2.05. The summed E-state index contributed by atoms with van der Waals surface area (Å²) in [5.74, 6) is 0.0294. The molecule has 0 atom stereocenters. The van der Waals surface area contributed by atoms with Gasteiger partial charge in [-0.1, -0.05) is 17.1 Å². The fourth-order valence-electron chi connectivity index (χ4n) is 3.84. The molecule has 3 aromatic rings. The van der Waals surface area contributed by atoms with E-state index in [1.807, 2.05) is 10.6 Å². The van der Waals surface area contributed by atoms with Crippen molar-refractivity contribution >= 4 is 28.4 Å². The van der Waals surface area contributed by atoms with E-state index in [2.05, 4.69) is 11.9 Å². The zero-order chi connectivity index (χ0) is 19.0. The summed E-state index contributed by atoms with van der Waals surface area (Å²) in [7, 11) is 0. The summed E-state index contributed by atoms with van der Waals surface area (Å²) in [4.78, 5) is 30.4. The smallest absolute Gasteiger partial charge is 0.278 e. The number of hydrogen-bond donors (Lipinski definition) is 2. The molecule has 0 radical (unpaired) electrons. The highest BCUT2D eigenvalue weighted by Crippen LogP contribution is 2.28. The molecule has 1 saturated carbocycles. The Kier molecular flexibility index (Phi) is 4.35. The maximum Gasteiger partial charge on any atom is 0.278 e. The van der Waals surface area contributed by atoms with Gasteiger partial charge in [-0.3, -0.25) is 14.0 Å². The lowest BCUT2D eigenvalue weighted by Gasteiger charge is -2.16. The number of nitrogen functional groups attached to an aromatic ring is 1. The van der Waals surface area contributed by atoms with Gasteiger partial charge < -0.3 is 11.1 Å². The fourth-order valence-corrected chi connectivity index (χ4v) is 3.84. The van der Waals surface area contributed by atoms with Crippen molar-refractivity contribution in [3.8, 4) is 0 Å². The predicted molar refractivity (Wildman–Crippen MR) is 104 cm³/mol. The van der Waals surface area contributed by atoms with Gasteiger partial charge in [-0.2, -0.15) is 0 Å². The lowest BCUT2D eigenvalue weighted by Crippen LogP contribution is -2.45. The highest BCUT2D eigenvalue weighted by molar-refractivity contribution is 6.00. The van der Waals surface area contributed by atoms with Crippen LogP contribution in [0.1, 0.15) is 42.1 Å². The molecule has 0 spiro atoms. The van der Waals surface area contributed by atoms with E-state index in [9.17, 15) is 9.59 Å². The first kappa shape index (κ1) is 17.2. The predicted octanol–water partition coefficient (Wildman–Crippen LogP) is 1.75. The number of amides is 1. The molecule has 3 N–H and O–H groups in total. The number of aromatic nitrogens is 3. The summed E-state index contributed by atoms with van der Waals surface area (Å²) in [6.07, 6.45) is 7.38. The number of nitrogens with zero attached hydrogens (tertiary/aromatic N) is 3. The molecular weight excluding hydrogens is 342 g/mol. The molecule has 1 aliphatic rings. The minimum atomic E-state index is -0.321. The number of fused-ring (bicyclic) bond motifs is 2. The summed E-state index contributed by atoms with van der Waals surface area (Å²) in [6.45, 7) is 3.94. The van der Waals surface area contributed by atoms with Crippen LogP contribution in [0.3, 0.4) is 0 Å². The average molecular weight is 364 g/mol. The van der Waals surface area contributed by atoms with Gasteiger partial charge in [0.25, 0.3) is 17.1 Å². The van der Waals surface area contributed by atoms with E-state index >= 15 is 0 Å². The maximum absolute atomic E-state index is 13.1. The number of rotatable bonds is 4. The van der Waals surface area contributed by atoms with E-state index < -0.39 is 0 Å². The van der Waals surface area contributed by atoms with Crippen LogP contribution in [0.5, 0.6) is 0 Å². The molecule has 0 unspecified atom stereocenters. The average Bonchev–Trinajstić information content (AvgIpc) is 3.20. The van der Waals surface area contributed by atoms with Crippen LogP contribution >= 0.6 is 0 Å². The lowest BCUT2D eigenvalue weighted by atomic mass is 10.1. The quantitative estimate of drug-likeness (QED) is 0.419. The van der Waals surface area contributed by atoms with Crippen molar-refractivity contribution in [3.05, 3.63) is 59.0 Å².